The molecule has 1 saturated heterocycles. The van der Waals surface area contributed by atoms with E-state index < -0.39 is 6.10 Å². The van der Waals surface area contributed by atoms with Gasteiger partial charge in [-0.25, -0.2) is 0 Å². The molecule has 1 aliphatic heterocycles. The molecular formula is C19H25N3O. The third-order valence-corrected chi connectivity index (χ3v) is 4.55. The first-order valence-corrected chi connectivity index (χ1v) is 8.31. The third kappa shape index (κ3) is 4.38. The number of rotatable bonds is 5. The largest absolute Gasteiger partial charge is 0.387 e. The van der Waals surface area contributed by atoms with Crippen molar-refractivity contribution in [2.75, 3.05) is 26.2 Å². The molecule has 122 valence electrons. The van der Waals surface area contributed by atoms with E-state index in [1.807, 2.05) is 48.7 Å². The van der Waals surface area contributed by atoms with Crippen LogP contribution in [-0.4, -0.2) is 52.1 Å². The first kappa shape index (κ1) is 16.1. The molecule has 2 heterocycles. The standard InChI is InChI=1S/C19H25N3O/c1-16-13-21(14-18-9-5-6-10-20-18)11-12-22(16)15-19(23)17-7-3-2-4-8-17/h2-10,16,19,23H,11-15H2,1H3. The second-order valence-corrected chi connectivity index (χ2v) is 6.33. The van der Waals surface area contributed by atoms with Crippen molar-refractivity contribution in [2.45, 2.75) is 25.6 Å². The van der Waals surface area contributed by atoms with Crippen molar-refractivity contribution in [3.8, 4) is 0 Å². The molecule has 0 amide bonds. The fourth-order valence-electron chi connectivity index (χ4n) is 3.21. The number of pyridine rings is 1. The second kappa shape index (κ2) is 7.68. The van der Waals surface area contributed by atoms with Gasteiger partial charge in [-0.2, -0.15) is 0 Å². The number of aliphatic hydroxyl groups is 1. The zero-order chi connectivity index (χ0) is 16.1. The van der Waals surface area contributed by atoms with Crippen molar-refractivity contribution in [3.05, 3.63) is 66.0 Å². The molecule has 2 unspecified atom stereocenters. The van der Waals surface area contributed by atoms with Gasteiger partial charge in [-0.1, -0.05) is 36.4 Å². The van der Waals surface area contributed by atoms with Gasteiger partial charge < -0.3 is 5.11 Å². The molecule has 2 aromatic rings. The van der Waals surface area contributed by atoms with Gasteiger partial charge in [0.25, 0.3) is 0 Å². The number of hydrogen-bond donors (Lipinski definition) is 1. The molecule has 3 rings (SSSR count). The molecule has 1 N–H and O–H groups in total. The minimum absolute atomic E-state index is 0.416. The fraction of sp³-hybridized carbons (Fsp3) is 0.421. The van der Waals surface area contributed by atoms with E-state index in [2.05, 4.69) is 27.8 Å². The predicted octanol–water partition coefficient (Wildman–Crippen LogP) is 2.32. The second-order valence-electron chi connectivity index (χ2n) is 6.33. The topological polar surface area (TPSA) is 39.6 Å². The molecule has 0 aliphatic carbocycles. The van der Waals surface area contributed by atoms with E-state index in [0.29, 0.717) is 12.6 Å². The van der Waals surface area contributed by atoms with Crippen LogP contribution in [0, 0.1) is 0 Å². The average molecular weight is 311 g/mol. The van der Waals surface area contributed by atoms with Crippen LogP contribution in [0.4, 0.5) is 0 Å². The highest BCUT2D eigenvalue weighted by molar-refractivity contribution is 5.17. The Morgan fingerprint density at radius 2 is 1.91 bits per heavy atom. The van der Waals surface area contributed by atoms with Gasteiger partial charge in [0.2, 0.25) is 0 Å². The summed E-state index contributed by atoms with van der Waals surface area (Å²) in [5, 5.41) is 10.4. The number of hydrogen-bond acceptors (Lipinski definition) is 4. The van der Waals surface area contributed by atoms with Gasteiger partial charge in [0.1, 0.15) is 0 Å². The zero-order valence-electron chi connectivity index (χ0n) is 13.7. The molecule has 1 fully saturated rings. The van der Waals surface area contributed by atoms with E-state index in [0.717, 1.165) is 37.4 Å². The SMILES string of the molecule is CC1CN(Cc2ccccn2)CCN1CC(O)c1ccccc1. The number of piperazine rings is 1. The normalized spacial score (nSPS) is 21.2. The van der Waals surface area contributed by atoms with Crippen molar-refractivity contribution < 1.29 is 5.11 Å². The number of aromatic nitrogens is 1. The summed E-state index contributed by atoms with van der Waals surface area (Å²) in [5.41, 5.74) is 2.12. The van der Waals surface area contributed by atoms with Crippen molar-refractivity contribution in [3.63, 3.8) is 0 Å². The number of aliphatic hydroxyl groups excluding tert-OH is 1. The van der Waals surface area contributed by atoms with E-state index in [4.69, 9.17) is 0 Å². The van der Waals surface area contributed by atoms with E-state index in [-0.39, 0.29) is 0 Å². The Morgan fingerprint density at radius 1 is 1.13 bits per heavy atom. The summed E-state index contributed by atoms with van der Waals surface area (Å²) >= 11 is 0. The highest BCUT2D eigenvalue weighted by Crippen LogP contribution is 2.18. The smallest absolute Gasteiger partial charge is 0.0917 e. The molecule has 1 aromatic heterocycles. The lowest BCUT2D eigenvalue weighted by atomic mass is 10.1. The summed E-state index contributed by atoms with van der Waals surface area (Å²) in [7, 11) is 0. The van der Waals surface area contributed by atoms with E-state index in [1.54, 1.807) is 0 Å². The Labute approximate surface area is 138 Å². The Balaban J connectivity index is 1.52. The molecule has 4 heteroatoms. The van der Waals surface area contributed by atoms with Crippen LogP contribution in [0.3, 0.4) is 0 Å². The molecule has 0 bridgehead atoms. The highest BCUT2D eigenvalue weighted by atomic mass is 16.3. The first-order chi connectivity index (χ1) is 11.2. The van der Waals surface area contributed by atoms with Crippen LogP contribution in [0.2, 0.25) is 0 Å². The summed E-state index contributed by atoms with van der Waals surface area (Å²) in [6.45, 7) is 6.85. The molecule has 0 saturated carbocycles. The Kier molecular flexibility index (Phi) is 5.39. The third-order valence-electron chi connectivity index (χ3n) is 4.55. The van der Waals surface area contributed by atoms with Crippen LogP contribution in [0.15, 0.2) is 54.7 Å². The molecule has 0 radical (unpaired) electrons. The lowest BCUT2D eigenvalue weighted by Crippen LogP contribution is -2.52. The maximum absolute atomic E-state index is 10.4. The summed E-state index contributed by atoms with van der Waals surface area (Å²) in [6.07, 6.45) is 1.44. The molecular weight excluding hydrogens is 286 g/mol. The molecule has 1 aliphatic rings. The van der Waals surface area contributed by atoms with Gasteiger partial charge in [-0.3, -0.25) is 14.8 Å². The summed E-state index contributed by atoms with van der Waals surface area (Å²) in [5.74, 6) is 0. The van der Waals surface area contributed by atoms with Crippen LogP contribution in [-0.2, 0) is 6.54 Å². The van der Waals surface area contributed by atoms with Crippen LogP contribution in [0.25, 0.3) is 0 Å². The van der Waals surface area contributed by atoms with Crippen molar-refractivity contribution >= 4 is 0 Å². The monoisotopic (exact) mass is 311 g/mol. The maximum atomic E-state index is 10.4. The van der Waals surface area contributed by atoms with Gasteiger partial charge in [-0.05, 0) is 24.6 Å². The Bertz CT molecular complexity index is 590. The quantitative estimate of drug-likeness (QED) is 0.920. The van der Waals surface area contributed by atoms with E-state index >= 15 is 0 Å². The van der Waals surface area contributed by atoms with E-state index in [1.165, 1.54) is 0 Å². The molecule has 2 atom stereocenters. The van der Waals surface area contributed by atoms with Crippen LogP contribution in [0.5, 0.6) is 0 Å². The highest BCUT2D eigenvalue weighted by Gasteiger charge is 2.25. The van der Waals surface area contributed by atoms with Gasteiger partial charge in [0.05, 0.1) is 11.8 Å². The lowest BCUT2D eigenvalue weighted by Gasteiger charge is -2.40. The van der Waals surface area contributed by atoms with Gasteiger partial charge >= 0.3 is 0 Å². The van der Waals surface area contributed by atoms with Crippen molar-refractivity contribution in [1.82, 2.24) is 14.8 Å². The number of nitrogens with zero attached hydrogens (tertiary/aromatic N) is 3. The fourth-order valence-corrected chi connectivity index (χ4v) is 3.21. The summed E-state index contributed by atoms with van der Waals surface area (Å²) < 4.78 is 0. The average Bonchev–Trinajstić information content (AvgIpc) is 2.59. The van der Waals surface area contributed by atoms with E-state index in [9.17, 15) is 5.11 Å². The Hall–Kier alpha value is -1.75. The first-order valence-electron chi connectivity index (χ1n) is 8.31. The lowest BCUT2D eigenvalue weighted by molar-refractivity contribution is 0.0358. The van der Waals surface area contributed by atoms with Crippen LogP contribution < -0.4 is 0 Å². The van der Waals surface area contributed by atoms with Crippen molar-refractivity contribution in [1.29, 1.82) is 0 Å². The zero-order valence-corrected chi connectivity index (χ0v) is 13.7. The number of benzene rings is 1. The molecule has 23 heavy (non-hydrogen) atoms. The van der Waals surface area contributed by atoms with Gasteiger partial charge in [-0.15, -0.1) is 0 Å². The molecule has 1 aromatic carbocycles. The molecule has 4 nitrogen and oxygen atoms in total. The minimum atomic E-state index is -0.416. The summed E-state index contributed by atoms with van der Waals surface area (Å²) in [4.78, 5) is 9.23. The predicted molar refractivity (Wildman–Crippen MR) is 92.0 cm³/mol. The summed E-state index contributed by atoms with van der Waals surface area (Å²) in [6, 6.07) is 16.4. The van der Waals surface area contributed by atoms with Gasteiger partial charge in [0, 0.05) is 45.0 Å². The minimum Gasteiger partial charge on any atom is -0.387 e. The number of β-amino-alcohol motifs (C(OH)–C–C–N with tert-alkyl or cyclic N) is 1. The van der Waals surface area contributed by atoms with Crippen molar-refractivity contribution in [2.24, 2.45) is 0 Å². The van der Waals surface area contributed by atoms with Gasteiger partial charge in [0.15, 0.2) is 0 Å². The Morgan fingerprint density at radius 3 is 2.61 bits per heavy atom. The van der Waals surface area contributed by atoms with Crippen LogP contribution in [0.1, 0.15) is 24.3 Å². The molecule has 0 spiro atoms. The maximum Gasteiger partial charge on any atom is 0.0917 e. The van der Waals surface area contributed by atoms with Crippen LogP contribution >= 0.6 is 0 Å².